The standard InChI is InChI=1S/C14H19N3O2/c1-17(10-14(18)4-6-19-7-5-14)12-2-3-13(16)11(8-12)9-15/h2-3,8,18H,4-7,10,16H2,1H3. The molecular formula is C14H19N3O2. The van der Waals surface area contributed by atoms with Crippen LogP contribution in [-0.4, -0.2) is 37.5 Å². The number of nitrogens with two attached hydrogens (primary N) is 1. The number of hydrogen-bond donors (Lipinski definition) is 2. The second kappa shape index (κ2) is 5.47. The normalized spacial score (nSPS) is 17.7. The second-order valence-corrected chi connectivity index (χ2v) is 5.08. The van der Waals surface area contributed by atoms with Crippen LogP contribution in [-0.2, 0) is 4.74 Å². The van der Waals surface area contributed by atoms with Crippen molar-refractivity contribution < 1.29 is 9.84 Å². The third kappa shape index (κ3) is 3.16. The third-order valence-electron chi connectivity index (χ3n) is 3.55. The third-order valence-corrected chi connectivity index (χ3v) is 3.55. The van der Waals surface area contributed by atoms with E-state index in [4.69, 9.17) is 15.7 Å². The maximum absolute atomic E-state index is 10.5. The van der Waals surface area contributed by atoms with Crippen molar-refractivity contribution in [3.8, 4) is 6.07 Å². The number of ether oxygens (including phenoxy) is 1. The molecule has 1 aromatic rings. The Hall–Kier alpha value is -1.77. The van der Waals surface area contributed by atoms with E-state index in [1.54, 1.807) is 12.1 Å². The number of nitrogen functional groups attached to an aromatic ring is 1. The van der Waals surface area contributed by atoms with Crippen molar-refractivity contribution in [3.63, 3.8) is 0 Å². The number of nitriles is 1. The summed E-state index contributed by atoms with van der Waals surface area (Å²) in [4.78, 5) is 1.95. The second-order valence-electron chi connectivity index (χ2n) is 5.08. The summed E-state index contributed by atoms with van der Waals surface area (Å²) in [6.45, 7) is 1.70. The molecule has 0 unspecified atom stereocenters. The highest BCUT2D eigenvalue weighted by Crippen LogP contribution is 2.25. The lowest BCUT2D eigenvalue weighted by Gasteiger charge is -2.36. The van der Waals surface area contributed by atoms with Gasteiger partial charge in [0.25, 0.3) is 0 Å². The Balaban J connectivity index is 2.11. The fourth-order valence-corrected chi connectivity index (χ4v) is 2.32. The first-order chi connectivity index (χ1) is 9.04. The van der Waals surface area contributed by atoms with Crippen LogP contribution in [0.3, 0.4) is 0 Å². The van der Waals surface area contributed by atoms with E-state index < -0.39 is 5.60 Å². The molecular weight excluding hydrogens is 242 g/mol. The highest BCUT2D eigenvalue weighted by atomic mass is 16.5. The maximum Gasteiger partial charge on any atom is 0.101 e. The zero-order chi connectivity index (χ0) is 13.9. The zero-order valence-electron chi connectivity index (χ0n) is 11.1. The molecule has 102 valence electrons. The number of aliphatic hydroxyl groups is 1. The molecule has 0 saturated carbocycles. The minimum absolute atomic E-state index is 0.461. The Bertz CT molecular complexity index is 490. The Kier molecular flexibility index (Phi) is 3.93. The van der Waals surface area contributed by atoms with Crippen molar-refractivity contribution in [2.75, 3.05) is 37.4 Å². The summed E-state index contributed by atoms with van der Waals surface area (Å²) in [5, 5.41) is 19.5. The number of anilines is 2. The van der Waals surface area contributed by atoms with Gasteiger partial charge in [0, 0.05) is 51.0 Å². The minimum atomic E-state index is -0.721. The van der Waals surface area contributed by atoms with E-state index in [1.807, 2.05) is 18.0 Å². The van der Waals surface area contributed by atoms with Crippen molar-refractivity contribution in [2.45, 2.75) is 18.4 Å². The molecule has 5 heteroatoms. The van der Waals surface area contributed by atoms with Crippen molar-refractivity contribution in [1.29, 1.82) is 5.26 Å². The first-order valence-electron chi connectivity index (χ1n) is 6.35. The van der Waals surface area contributed by atoms with Crippen LogP contribution in [0.25, 0.3) is 0 Å². The lowest BCUT2D eigenvalue weighted by atomic mass is 9.93. The molecule has 1 aliphatic rings. The Morgan fingerprint density at radius 1 is 1.47 bits per heavy atom. The average Bonchev–Trinajstić information content (AvgIpc) is 2.39. The summed E-state index contributed by atoms with van der Waals surface area (Å²) in [6, 6.07) is 7.40. The van der Waals surface area contributed by atoms with Crippen LogP contribution in [0.5, 0.6) is 0 Å². The van der Waals surface area contributed by atoms with Gasteiger partial charge in [0.15, 0.2) is 0 Å². The van der Waals surface area contributed by atoms with E-state index in [2.05, 4.69) is 6.07 Å². The van der Waals surface area contributed by atoms with Gasteiger partial charge < -0.3 is 20.5 Å². The summed E-state index contributed by atoms with van der Waals surface area (Å²) in [7, 11) is 1.90. The Morgan fingerprint density at radius 2 is 2.16 bits per heavy atom. The molecule has 3 N–H and O–H groups in total. The molecule has 1 heterocycles. The Morgan fingerprint density at radius 3 is 2.79 bits per heavy atom. The van der Waals surface area contributed by atoms with Crippen LogP contribution in [0.4, 0.5) is 11.4 Å². The van der Waals surface area contributed by atoms with Gasteiger partial charge in [-0.3, -0.25) is 0 Å². The molecule has 0 radical (unpaired) electrons. The maximum atomic E-state index is 10.5. The van der Waals surface area contributed by atoms with Gasteiger partial charge in [0.05, 0.1) is 11.2 Å². The molecule has 0 aliphatic carbocycles. The summed E-state index contributed by atoms with van der Waals surface area (Å²) in [6.07, 6.45) is 1.27. The van der Waals surface area contributed by atoms with Crippen LogP contribution >= 0.6 is 0 Å². The molecule has 0 amide bonds. The largest absolute Gasteiger partial charge is 0.398 e. The molecule has 1 aliphatic heterocycles. The molecule has 0 aromatic heterocycles. The van der Waals surface area contributed by atoms with Gasteiger partial charge in [-0.25, -0.2) is 0 Å². The van der Waals surface area contributed by atoms with Crippen LogP contribution in [0.2, 0.25) is 0 Å². The van der Waals surface area contributed by atoms with E-state index in [9.17, 15) is 5.11 Å². The van der Waals surface area contributed by atoms with Gasteiger partial charge >= 0.3 is 0 Å². The predicted molar refractivity (Wildman–Crippen MR) is 73.8 cm³/mol. The summed E-state index contributed by atoms with van der Waals surface area (Å²) in [5.74, 6) is 0. The van der Waals surface area contributed by atoms with Gasteiger partial charge in [0.2, 0.25) is 0 Å². The molecule has 2 rings (SSSR count). The van der Waals surface area contributed by atoms with Crippen molar-refractivity contribution in [2.24, 2.45) is 0 Å². The number of hydrogen-bond acceptors (Lipinski definition) is 5. The highest BCUT2D eigenvalue weighted by Gasteiger charge is 2.31. The van der Waals surface area contributed by atoms with Gasteiger partial charge in [-0.1, -0.05) is 0 Å². The zero-order valence-corrected chi connectivity index (χ0v) is 11.1. The van der Waals surface area contributed by atoms with Gasteiger partial charge in [0.1, 0.15) is 6.07 Å². The van der Waals surface area contributed by atoms with E-state index >= 15 is 0 Å². The smallest absolute Gasteiger partial charge is 0.101 e. The summed E-state index contributed by atoms with van der Waals surface area (Å²) < 4.78 is 5.27. The van der Waals surface area contributed by atoms with Crippen molar-refractivity contribution >= 4 is 11.4 Å². The molecule has 0 atom stereocenters. The van der Waals surface area contributed by atoms with Gasteiger partial charge in [-0.2, -0.15) is 5.26 Å². The number of nitrogens with zero attached hydrogens (tertiary/aromatic N) is 2. The number of rotatable bonds is 3. The van der Waals surface area contributed by atoms with E-state index in [-0.39, 0.29) is 0 Å². The summed E-state index contributed by atoms with van der Waals surface area (Å²) >= 11 is 0. The summed E-state index contributed by atoms with van der Waals surface area (Å²) in [5.41, 5.74) is 6.80. The molecule has 1 fully saturated rings. The predicted octanol–water partition coefficient (Wildman–Crippen LogP) is 1.12. The topological polar surface area (TPSA) is 82.5 Å². The van der Waals surface area contributed by atoms with E-state index in [0.717, 1.165) is 5.69 Å². The SMILES string of the molecule is CN(CC1(O)CCOCC1)c1ccc(N)c(C#N)c1. The molecule has 5 nitrogen and oxygen atoms in total. The number of likely N-dealkylation sites (N-methyl/N-ethyl adjacent to an activating group) is 1. The lowest BCUT2D eigenvalue weighted by molar-refractivity contribution is -0.0572. The molecule has 0 bridgehead atoms. The first kappa shape index (κ1) is 13.7. The van der Waals surface area contributed by atoms with Crippen LogP contribution < -0.4 is 10.6 Å². The van der Waals surface area contributed by atoms with E-state index in [0.29, 0.717) is 43.9 Å². The van der Waals surface area contributed by atoms with Crippen LogP contribution in [0, 0.1) is 11.3 Å². The quantitative estimate of drug-likeness (QED) is 0.797. The molecule has 1 saturated heterocycles. The molecule has 19 heavy (non-hydrogen) atoms. The highest BCUT2D eigenvalue weighted by molar-refractivity contribution is 5.62. The lowest BCUT2D eigenvalue weighted by Crippen LogP contribution is -2.45. The fourth-order valence-electron chi connectivity index (χ4n) is 2.32. The molecule has 1 aromatic carbocycles. The first-order valence-corrected chi connectivity index (χ1v) is 6.35. The van der Waals surface area contributed by atoms with Crippen LogP contribution in [0.1, 0.15) is 18.4 Å². The number of benzene rings is 1. The van der Waals surface area contributed by atoms with Gasteiger partial charge in [-0.15, -0.1) is 0 Å². The van der Waals surface area contributed by atoms with Crippen molar-refractivity contribution in [3.05, 3.63) is 23.8 Å². The van der Waals surface area contributed by atoms with Gasteiger partial charge in [-0.05, 0) is 18.2 Å². The average molecular weight is 261 g/mol. The minimum Gasteiger partial charge on any atom is -0.398 e. The Labute approximate surface area is 113 Å². The van der Waals surface area contributed by atoms with Crippen molar-refractivity contribution in [1.82, 2.24) is 0 Å². The molecule has 0 spiro atoms. The van der Waals surface area contributed by atoms with E-state index in [1.165, 1.54) is 0 Å². The monoisotopic (exact) mass is 261 g/mol. The van der Waals surface area contributed by atoms with Crippen LogP contribution in [0.15, 0.2) is 18.2 Å². The fraction of sp³-hybridized carbons (Fsp3) is 0.500.